The Morgan fingerprint density at radius 1 is 1.29 bits per heavy atom. The second-order valence-electron chi connectivity index (χ2n) is 4.86. The molecule has 1 unspecified atom stereocenters. The van der Waals surface area contributed by atoms with Gasteiger partial charge in [0.15, 0.2) is 9.84 Å². The molecule has 2 amide bonds. The van der Waals surface area contributed by atoms with Crippen molar-refractivity contribution in [3.05, 3.63) is 30.3 Å². The fourth-order valence-electron chi connectivity index (χ4n) is 2.18. The predicted octanol–water partition coefficient (Wildman–Crippen LogP) is 0.474. The number of sulfone groups is 1. The molecule has 1 heterocycles. The van der Waals surface area contributed by atoms with Gasteiger partial charge in [0.2, 0.25) is 0 Å². The first kappa shape index (κ1) is 15.3. The van der Waals surface area contributed by atoms with Crippen LogP contribution < -0.4 is 10.2 Å². The quantitative estimate of drug-likeness (QED) is 0.841. The van der Waals surface area contributed by atoms with E-state index in [1.54, 1.807) is 30.3 Å². The highest BCUT2D eigenvalue weighted by atomic mass is 32.2. The standard InChI is InChI=1S/C13H16N2O5S/c16-12(17)8-15(11-4-2-1-3-5-11)13(18)14-10-6-7-21(19,20)9-10/h1-5,10H,6-9H2,(H,14,18)(H,16,17). The maximum absolute atomic E-state index is 12.2. The van der Waals surface area contributed by atoms with Gasteiger partial charge in [-0.25, -0.2) is 13.2 Å². The Morgan fingerprint density at radius 2 is 1.95 bits per heavy atom. The first-order valence-electron chi connectivity index (χ1n) is 6.43. The molecule has 1 aromatic carbocycles. The molecule has 1 aromatic rings. The van der Waals surface area contributed by atoms with Crippen LogP contribution in [0.15, 0.2) is 30.3 Å². The predicted molar refractivity (Wildman–Crippen MR) is 77.0 cm³/mol. The van der Waals surface area contributed by atoms with Crippen molar-refractivity contribution < 1.29 is 23.1 Å². The molecule has 7 nitrogen and oxygen atoms in total. The summed E-state index contributed by atoms with van der Waals surface area (Å²) in [6.45, 7) is -0.491. The third-order valence-corrected chi connectivity index (χ3v) is 4.93. The second kappa shape index (κ2) is 6.13. The Balaban J connectivity index is 2.10. The number of carboxylic acids is 1. The van der Waals surface area contributed by atoms with Gasteiger partial charge >= 0.3 is 12.0 Å². The van der Waals surface area contributed by atoms with Crippen molar-refractivity contribution in [1.82, 2.24) is 5.32 Å². The van der Waals surface area contributed by atoms with Gasteiger partial charge < -0.3 is 10.4 Å². The van der Waals surface area contributed by atoms with Gasteiger partial charge in [-0.05, 0) is 18.6 Å². The van der Waals surface area contributed by atoms with Crippen molar-refractivity contribution in [1.29, 1.82) is 0 Å². The van der Waals surface area contributed by atoms with E-state index in [0.29, 0.717) is 12.1 Å². The molecule has 0 saturated carbocycles. The fourth-order valence-corrected chi connectivity index (χ4v) is 3.86. The normalized spacial score (nSPS) is 19.9. The van der Waals surface area contributed by atoms with Gasteiger partial charge in [0.05, 0.1) is 11.5 Å². The molecule has 2 rings (SSSR count). The van der Waals surface area contributed by atoms with E-state index >= 15 is 0 Å². The van der Waals surface area contributed by atoms with Crippen LogP contribution in [-0.2, 0) is 14.6 Å². The Bertz CT molecular complexity index is 629. The summed E-state index contributed by atoms with van der Waals surface area (Å²) in [6.07, 6.45) is 0.351. The summed E-state index contributed by atoms with van der Waals surface area (Å²) in [7, 11) is -3.10. The monoisotopic (exact) mass is 312 g/mol. The Labute approximate surface area is 122 Å². The average Bonchev–Trinajstić information content (AvgIpc) is 2.76. The summed E-state index contributed by atoms with van der Waals surface area (Å²) in [6, 6.07) is 7.30. The topological polar surface area (TPSA) is 104 Å². The van der Waals surface area contributed by atoms with Crippen LogP contribution in [0.4, 0.5) is 10.5 Å². The zero-order chi connectivity index (χ0) is 15.5. The molecule has 8 heteroatoms. The Kier molecular flexibility index (Phi) is 4.46. The molecule has 0 aromatic heterocycles. The minimum Gasteiger partial charge on any atom is -0.480 e. The van der Waals surface area contributed by atoms with Crippen LogP contribution >= 0.6 is 0 Å². The van der Waals surface area contributed by atoms with Crippen molar-refractivity contribution in [3.8, 4) is 0 Å². The highest BCUT2D eigenvalue weighted by Gasteiger charge is 2.30. The number of urea groups is 1. The summed E-state index contributed by atoms with van der Waals surface area (Å²) in [5.74, 6) is -1.20. The van der Waals surface area contributed by atoms with Gasteiger partial charge in [0.1, 0.15) is 6.54 Å². The van der Waals surface area contributed by atoms with Crippen LogP contribution in [0.3, 0.4) is 0 Å². The molecule has 1 saturated heterocycles. The maximum Gasteiger partial charge on any atom is 0.323 e. The van der Waals surface area contributed by atoms with Crippen molar-refractivity contribution >= 4 is 27.5 Å². The Hall–Kier alpha value is -2.09. The number of para-hydroxylation sites is 1. The number of amides is 2. The molecule has 1 fully saturated rings. The number of nitrogens with one attached hydrogen (secondary N) is 1. The van der Waals surface area contributed by atoms with E-state index in [1.165, 1.54) is 0 Å². The molecular weight excluding hydrogens is 296 g/mol. The molecule has 1 aliphatic heterocycles. The van der Waals surface area contributed by atoms with Gasteiger partial charge in [-0.1, -0.05) is 18.2 Å². The highest BCUT2D eigenvalue weighted by Crippen LogP contribution is 2.15. The van der Waals surface area contributed by atoms with Gasteiger partial charge in [-0.15, -0.1) is 0 Å². The minimum absolute atomic E-state index is 0.0439. The van der Waals surface area contributed by atoms with E-state index in [9.17, 15) is 18.0 Å². The van der Waals surface area contributed by atoms with Crippen molar-refractivity contribution in [2.24, 2.45) is 0 Å². The number of carboxylic acid groups (broad SMARTS) is 1. The van der Waals surface area contributed by atoms with Gasteiger partial charge in [-0.3, -0.25) is 9.69 Å². The number of carbonyl (C=O) groups is 2. The van der Waals surface area contributed by atoms with E-state index in [1.807, 2.05) is 0 Å². The molecule has 1 atom stereocenters. The van der Waals surface area contributed by atoms with Crippen molar-refractivity contribution in [3.63, 3.8) is 0 Å². The van der Waals surface area contributed by atoms with Gasteiger partial charge in [0.25, 0.3) is 0 Å². The number of benzene rings is 1. The van der Waals surface area contributed by atoms with Gasteiger partial charge in [-0.2, -0.15) is 0 Å². The summed E-state index contributed by atoms with van der Waals surface area (Å²) >= 11 is 0. The van der Waals surface area contributed by atoms with Crippen molar-refractivity contribution in [2.75, 3.05) is 23.0 Å². The maximum atomic E-state index is 12.2. The lowest BCUT2D eigenvalue weighted by atomic mass is 10.2. The van der Waals surface area contributed by atoms with Crippen LogP contribution in [-0.4, -0.2) is 49.6 Å². The zero-order valence-corrected chi connectivity index (χ0v) is 12.0. The number of hydrogen-bond donors (Lipinski definition) is 2. The van der Waals surface area contributed by atoms with Gasteiger partial charge in [0, 0.05) is 11.7 Å². The van der Waals surface area contributed by atoms with E-state index in [0.717, 1.165) is 4.90 Å². The Morgan fingerprint density at radius 3 is 2.48 bits per heavy atom. The minimum atomic E-state index is -3.10. The molecule has 0 spiro atoms. The lowest BCUT2D eigenvalue weighted by molar-refractivity contribution is -0.135. The van der Waals surface area contributed by atoms with E-state index in [-0.39, 0.29) is 11.5 Å². The first-order chi connectivity index (χ1) is 9.87. The molecule has 1 aliphatic rings. The summed E-state index contributed by atoms with van der Waals surface area (Å²) in [5.41, 5.74) is 0.443. The average molecular weight is 312 g/mol. The zero-order valence-electron chi connectivity index (χ0n) is 11.2. The summed E-state index contributed by atoms with van der Waals surface area (Å²) in [5, 5.41) is 11.5. The van der Waals surface area contributed by atoms with Crippen LogP contribution in [0.25, 0.3) is 0 Å². The molecule has 0 aliphatic carbocycles. The highest BCUT2D eigenvalue weighted by molar-refractivity contribution is 7.91. The number of carbonyl (C=O) groups excluding carboxylic acids is 1. The summed E-state index contributed by atoms with van der Waals surface area (Å²) in [4.78, 5) is 24.2. The number of aliphatic carboxylic acids is 1. The summed E-state index contributed by atoms with van der Waals surface area (Å²) < 4.78 is 22.8. The second-order valence-corrected chi connectivity index (χ2v) is 7.09. The first-order valence-corrected chi connectivity index (χ1v) is 8.25. The fraction of sp³-hybridized carbons (Fsp3) is 0.385. The molecule has 0 radical (unpaired) electrons. The van der Waals surface area contributed by atoms with Crippen molar-refractivity contribution in [2.45, 2.75) is 12.5 Å². The number of hydrogen-bond acceptors (Lipinski definition) is 4. The number of anilines is 1. The lowest BCUT2D eigenvalue weighted by Gasteiger charge is -2.23. The number of nitrogens with zero attached hydrogens (tertiary/aromatic N) is 1. The molecule has 114 valence electrons. The smallest absolute Gasteiger partial charge is 0.323 e. The molecule has 21 heavy (non-hydrogen) atoms. The van der Waals surface area contributed by atoms with Crippen LogP contribution in [0.2, 0.25) is 0 Å². The third-order valence-electron chi connectivity index (χ3n) is 3.17. The van der Waals surface area contributed by atoms with E-state index < -0.39 is 34.4 Å². The van der Waals surface area contributed by atoms with Crippen LogP contribution in [0.5, 0.6) is 0 Å². The number of rotatable bonds is 4. The van der Waals surface area contributed by atoms with Crippen LogP contribution in [0, 0.1) is 0 Å². The largest absolute Gasteiger partial charge is 0.480 e. The van der Waals surface area contributed by atoms with E-state index in [2.05, 4.69) is 5.32 Å². The SMILES string of the molecule is O=C(O)CN(C(=O)NC1CCS(=O)(=O)C1)c1ccccc1. The third kappa shape index (κ3) is 4.19. The van der Waals surface area contributed by atoms with Crippen LogP contribution in [0.1, 0.15) is 6.42 Å². The molecule has 2 N–H and O–H groups in total. The lowest BCUT2D eigenvalue weighted by Crippen LogP contribution is -2.47. The molecular formula is C13H16N2O5S. The van der Waals surface area contributed by atoms with E-state index in [4.69, 9.17) is 5.11 Å². The molecule has 0 bridgehead atoms.